The van der Waals surface area contributed by atoms with Crippen molar-refractivity contribution in [2.45, 2.75) is 45.1 Å². The van der Waals surface area contributed by atoms with Crippen LogP contribution in [0.5, 0.6) is 0 Å². The number of aryl methyl sites for hydroxylation is 1. The van der Waals surface area contributed by atoms with Crippen LogP contribution in [-0.2, 0) is 16.0 Å². The maximum absolute atomic E-state index is 12.1. The van der Waals surface area contributed by atoms with Crippen molar-refractivity contribution in [2.24, 2.45) is 11.7 Å². The molecule has 0 saturated heterocycles. The van der Waals surface area contributed by atoms with Crippen LogP contribution < -0.4 is 16.4 Å². The first-order chi connectivity index (χ1) is 10.6. The summed E-state index contributed by atoms with van der Waals surface area (Å²) in [5.41, 5.74) is 7.82. The van der Waals surface area contributed by atoms with Gasteiger partial charge < -0.3 is 16.4 Å². The molecule has 2 amide bonds. The number of anilines is 1. The molecule has 2 atom stereocenters. The minimum Gasteiger partial charge on any atom is -0.347 e. The van der Waals surface area contributed by atoms with Crippen molar-refractivity contribution in [1.82, 2.24) is 5.32 Å². The standard InChI is InChI=1S/C17H25N3O2/c1-2-12-5-3-8-15(9-12)20-16(21)11-19-17(22)13-6-4-7-14(18)10-13/h3,5,8-9,13-14H,2,4,6-7,10-11,18H2,1H3,(H,19,22)(H,20,21). The Morgan fingerprint density at radius 3 is 2.86 bits per heavy atom. The van der Waals surface area contributed by atoms with E-state index in [1.54, 1.807) is 0 Å². The maximum Gasteiger partial charge on any atom is 0.243 e. The lowest BCUT2D eigenvalue weighted by atomic mass is 9.85. The Hall–Kier alpha value is -1.88. The monoisotopic (exact) mass is 303 g/mol. The Kier molecular flexibility index (Phi) is 5.95. The Bertz CT molecular complexity index is 530. The van der Waals surface area contributed by atoms with Crippen molar-refractivity contribution in [3.8, 4) is 0 Å². The number of hydrogen-bond acceptors (Lipinski definition) is 3. The second-order valence-electron chi connectivity index (χ2n) is 5.94. The molecule has 0 heterocycles. The molecule has 120 valence electrons. The highest BCUT2D eigenvalue weighted by Gasteiger charge is 2.25. The van der Waals surface area contributed by atoms with Gasteiger partial charge in [0.1, 0.15) is 0 Å². The van der Waals surface area contributed by atoms with Crippen LogP contribution in [0.25, 0.3) is 0 Å². The second-order valence-corrected chi connectivity index (χ2v) is 5.94. The average Bonchev–Trinajstić information content (AvgIpc) is 2.52. The zero-order chi connectivity index (χ0) is 15.9. The highest BCUT2D eigenvalue weighted by atomic mass is 16.2. The van der Waals surface area contributed by atoms with Crippen molar-refractivity contribution in [3.63, 3.8) is 0 Å². The van der Waals surface area contributed by atoms with Crippen LogP contribution >= 0.6 is 0 Å². The van der Waals surface area contributed by atoms with Crippen molar-refractivity contribution in [3.05, 3.63) is 29.8 Å². The number of nitrogens with one attached hydrogen (secondary N) is 2. The van der Waals surface area contributed by atoms with Gasteiger partial charge in [0.05, 0.1) is 6.54 Å². The molecule has 1 fully saturated rings. The fraction of sp³-hybridized carbons (Fsp3) is 0.529. The fourth-order valence-electron chi connectivity index (χ4n) is 2.85. The first-order valence-corrected chi connectivity index (χ1v) is 8.00. The summed E-state index contributed by atoms with van der Waals surface area (Å²) in [7, 11) is 0. The Labute approximate surface area is 131 Å². The normalized spacial score (nSPS) is 21.2. The lowest BCUT2D eigenvalue weighted by Crippen LogP contribution is -2.40. The van der Waals surface area contributed by atoms with Crippen molar-refractivity contribution < 1.29 is 9.59 Å². The molecule has 0 spiro atoms. The van der Waals surface area contributed by atoms with Gasteiger partial charge in [-0.15, -0.1) is 0 Å². The summed E-state index contributed by atoms with van der Waals surface area (Å²) in [4.78, 5) is 24.0. The second kappa shape index (κ2) is 7.94. The number of amides is 2. The van der Waals surface area contributed by atoms with Crippen LogP contribution in [0.3, 0.4) is 0 Å². The van der Waals surface area contributed by atoms with E-state index in [1.165, 1.54) is 0 Å². The van der Waals surface area contributed by atoms with E-state index in [4.69, 9.17) is 5.73 Å². The Morgan fingerprint density at radius 1 is 1.32 bits per heavy atom. The Morgan fingerprint density at radius 2 is 2.14 bits per heavy atom. The molecule has 5 nitrogen and oxygen atoms in total. The molecule has 2 rings (SSSR count). The number of nitrogens with two attached hydrogens (primary N) is 1. The molecule has 1 aliphatic rings. The summed E-state index contributed by atoms with van der Waals surface area (Å²) in [6.45, 7) is 2.07. The minimum atomic E-state index is -0.207. The van der Waals surface area contributed by atoms with Gasteiger partial charge in [-0.25, -0.2) is 0 Å². The zero-order valence-electron chi connectivity index (χ0n) is 13.1. The van der Waals surface area contributed by atoms with Gasteiger partial charge >= 0.3 is 0 Å². The number of hydrogen-bond donors (Lipinski definition) is 3. The van der Waals surface area contributed by atoms with Crippen LogP contribution in [-0.4, -0.2) is 24.4 Å². The molecule has 22 heavy (non-hydrogen) atoms. The highest BCUT2D eigenvalue weighted by Crippen LogP contribution is 2.23. The summed E-state index contributed by atoms with van der Waals surface area (Å²) >= 11 is 0. The molecule has 0 bridgehead atoms. The van der Waals surface area contributed by atoms with Gasteiger partial charge in [-0.05, 0) is 43.4 Å². The van der Waals surface area contributed by atoms with E-state index in [0.29, 0.717) is 6.42 Å². The number of rotatable bonds is 5. The molecular formula is C17H25N3O2. The number of carbonyl (C=O) groups excluding carboxylic acids is 2. The summed E-state index contributed by atoms with van der Waals surface area (Å²) in [6.07, 6.45) is 4.46. The Balaban J connectivity index is 1.78. The van der Waals surface area contributed by atoms with Gasteiger partial charge in [0, 0.05) is 17.6 Å². The third-order valence-corrected chi connectivity index (χ3v) is 4.13. The van der Waals surface area contributed by atoms with E-state index in [1.807, 2.05) is 24.3 Å². The van der Waals surface area contributed by atoms with Crippen LogP contribution in [0.1, 0.15) is 38.2 Å². The lowest BCUT2D eigenvalue weighted by molar-refractivity contribution is -0.128. The van der Waals surface area contributed by atoms with Gasteiger partial charge in [0.25, 0.3) is 0 Å². The molecule has 0 aliphatic heterocycles. The van der Waals surface area contributed by atoms with E-state index < -0.39 is 0 Å². The summed E-state index contributed by atoms with van der Waals surface area (Å²) in [5, 5.41) is 5.52. The van der Waals surface area contributed by atoms with E-state index in [-0.39, 0.29) is 30.3 Å². The van der Waals surface area contributed by atoms with Crippen molar-refractivity contribution in [2.75, 3.05) is 11.9 Å². The minimum absolute atomic E-state index is 0.000917. The quantitative estimate of drug-likeness (QED) is 0.776. The van der Waals surface area contributed by atoms with Gasteiger partial charge in [-0.3, -0.25) is 9.59 Å². The molecule has 5 heteroatoms. The van der Waals surface area contributed by atoms with Crippen LogP contribution in [0.15, 0.2) is 24.3 Å². The smallest absolute Gasteiger partial charge is 0.243 e. The lowest BCUT2D eigenvalue weighted by Gasteiger charge is -2.25. The van der Waals surface area contributed by atoms with Gasteiger partial charge in [-0.2, -0.15) is 0 Å². The van der Waals surface area contributed by atoms with E-state index in [0.717, 1.165) is 36.9 Å². The largest absolute Gasteiger partial charge is 0.347 e. The van der Waals surface area contributed by atoms with Gasteiger partial charge in [0.15, 0.2) is 0 Å². The molecule has 0 radical (unpaired) electrons. The predicted octanol–water partition coefficient (Wildman–Crippen LogP) is 1.82. The topological polar surface area (TPSA) is 84.2 Å². The van der Waals surface area contributed by atoms with Crippen LogP contribution in [0, 0.1) is 5.92 Å². The first-order valence-electron chi connectivity index (χ1n) is 8.00. The molecular weight excluding hydrogens is 278 g/mol. The molecule has 1 saturated carbocycles. The van der Waals surface area contributed by atoms with Crippen LogP contribution in [0.2, 0.25) is 0 Å². The number of benzene rings is 1. The average molecular weight is 303 g/mol. The SMILES string of the molecule is CCc1cccc(NC(=O)CNC(=O)C2CCCC(N)C2)c1. The number of carbonyl (C=O) groups is 2. The summed E-state index contributed by atoms with van der Waals surface area (Å²) < 4.78 is 0. The maximum atomic E-state index is 12.1. The van der Waals surface area contributed by atoms with Crippen LogP contribution in [0.4, 0.5) is 5.69 Å². The van der Waals surface area contributed by atoms with Gasteiger partial charge in [0.2, 0.25) is 11.8 Å². The van der Waals surface area contributed by atoms with E-state index in [2.05, 4.69) is 17.6 Å². The molecule has 1 aromatic rings. The third-order valence-electron chi connectivity index (χ3n) is 4.13. The van der Waals surface area contributed by atoms with E-state index >= 15 is 0 Å². The molecule has 4 N–H and O–H groups in total. The van der Waals surface area contributed by atoms with E-state index in [9.17, 15) is 9.59 Å². The molecule has 1 aliphatic carbocycles. The molecule has 0 aromatic heterocycles. The fourth-order valence-corrected chi connectivity index (χ4v) is 2.85. The summed E-state index contributed by atoms with van der Waals surface area (Å²) in [6, 6.07) is 7.83. The van der Waals surface area contributed by atoms with Crippen molar-refractivity contribution in [1.29, 1.82) is 0 Å². The molecule has 1 aromatic carbocycles. The van der Waals surface area contributed by atoms with Crippen molar-refractivity contribution >= 4 is 17.5 Å². The van der Waals surface area contributed by atoms with Gasteiger partial charge in [-0.1, -0.05) is 25.5 Å². The summed E-state index contributed by atoms with van der Waals surface area (Å²) in [5.74, 6) is -0.325. The molecule has 2 unspecified atom stereocenters. The predicted molar refractivity (Wildman–Crippen MR) is 87.4 cm³/mol. The third kappa shape index (κ3) is 4.84. The highest BCUT2D eigenvalue weighted by molar-refractivity contribution is 5.94. The first kappa shape index (κ1) is 16.5. The zero-order valence-corrected chi connectivity index (χ0v) is 13.1.